The van der Waals surface area contributed by atoms with Crippen LogP contribution >= 0.6 is 7.82 Å². The summed E-state index contributed by atoms with van der Waals surface area (Å²) in [5.41, 5.74) is 1.38. The molecule has 0 saturated carbocycles. The highest BCUT2D eigenvalue weighted by Gasteiger charge is 2.53. The summed E-state index contributed by atoms with van der Waals surface area (Å²) in [7, 11) is -3.14. The van der Waals surface area contributed by atoms with E-state index in [-0.39, 0.29) is 19.8 Å². The Kier molecular flexibility index (Phi) is 11.8. The fourth-order valence-corrected chi connectivity index (χ4v) is 5.13. The van der Waals surface area contributed by atoms with Crippen LogP contribution in [0.1, 0.15) is 31.9 Å². The lowest BCUT2D eigenvalue weighted by molar-refractivity contribution is -0.293. The van der Waals surface area contributed by atoms with Crippen LogP contribution in [0.5, 0.6) is 0 Å². The lowest BCUT2D eigenvalue weighted by Gasteiger charge is -2.44. The Labute approximate surface area is 232 Å². The number of esters is 3. The molecule has 5 atom stereocenters. The Hall–Kier alpha value is -3.12. The van der Waals surface area contributed by atoms with Crippen molar-refractivity contribution in [3.63, 3.8) is 0 Å². The molecule has 1 aliphatic rings. The van der Waals surface area contributed by atoms with Crippen LogP contribution in [0, 0.1) is 0 Å². The van der Waals surface area contributed by atoms with Crippen LogP contribution < -0.4 is 0 Å². The highest BCUT2D eigenvalue weighted by atomic mass is 31.2. The molecule has 2 aromatic rings. The monoisotopic (exact) mass is 580 g/mol. The van der Waals surface area contributed by atoms with Gasteiger partial charge in [0.05, 0.1) is 13.2 Å². The van der Waals surface area contributed by atoms with E-state index in [1.54, 1.807) is 48.5 Å². The molecule has 0 amide bonds. The average molecular weight is 581 g/mol. The maximum Gasteiger partial charge on any atom is 0.477 e. The molecular weight excluding hydrogens is 547 g/mol. The molecule has 12 nitrogen and oxygen atoms in total. The SMILES string of the molecule is CO[C@@H]1[C@@H](OC(C)=O)[C@H](OP(=O)(OCc2ccccc2)OCc2ccccc2)O[C@H](COC(C)=O)[C@H]1OC(C)=O. The summed E-state index contributed by atoms with van der Waals surface area (Å²) < 4.78 is 58.5. The fraction of sp³-hybridized carbons (Fsp3) is 0.444. The molecule has 1 fully saturated rings. The molecule has 0 unspecified atom stereocenters. The van der Waals surface area contributed by atoms with Gasteiger partial charge in [-0.1, -0.05) is 60.7 Å². The van der Waals surface area contributed by atoms with E-state index in [1.165, 1.54) is 21.0 Å². The number of phosphoric acid groups is 1. The third-order valence-corrected chi connectivity index (χ3v) is 6.97. The summed E-state index contributed by atoms with van der Waals surface area (Å²) in [6.45, 7) is 2.85. The Morgan fingerprint density at radius 1 is 0.750 bits per heavy atom. The molecule has 40 heavy (non-hydrogen) atoms. The van der Waals surface area contributed by atoms with Gasteiger partial charge in [0.1, 0.15) is 18.8 Å². The van der Waals surface area contributed by atoms with E-state index in [0.29, 0.717) is 11.1 Å². The number of hydrogen-bond acceptors (Lipinski definition) is 12. The summed E-state index contributed by atoms with van der Waals surface area (Å²) in [5.74, 6) is -2.05. The van der Waals surface area contributed by atoms with Crippen LogP contribution in [0.25, 0.3) is 0 Å². The van der Waals surface area contributed by atoms with Gasteiger partial charge in [0.25, 0.3) is 0 Å². The smallest absolute Gasteiger partial charge is 0.463 e. The van der Waals surface area contributed by atoms with Crippen LogP contribution in [-0.4, -0.2) is 62.3 Å². The first-order chi connectivity index (χ1) is 19.1. The number of benzene rings is 2. The summed E-state index contributed by atoms with van der Waals surface area (Å²) >= 11 is 0. The van der Waals surface area contributed by atoms with Gasteiger partial charge >= 0.3 is 25.7 Å². The Bertz CT molecular complexity index is 1110. The predicted molar refractivity (Wildman–Crippen MR) is 138 cm³/mol. The molecule has 1 saturated heterocycles. The van der Waals surface area contributed by atoms with Crippen molar-refractivity contribution in [2.75, 3.05) is 13.7 Å². The number of phosphoric ester groups is 1. The average Bonchev–Trinajstić information content (AvgIpc) is 2.92. The largest absolute Gasteiger partial charge is 0.477 e. The number of hydrogen-bond donors (Lipinski definition) is 0. The molecule has 1 heterocycles. The highest BCUT2D eigenvalue weighted by Crippen LogP contribution is 2.53. The normalized spacial score (nSPS) is 22.8. The van der Waals surface area contributed by atoms with Crippen molar-refractivity contribution < 1.29 is 56.2 Å². The van der Waals surface area contributed by atoms with Gasteiger partial charge in [0.15, 0.2) is 12.2 Å². The van der Waals surface area contributed by atoms with Gasteiger partial charge in [-0.25, -0.2) is 4.57 Å². The molecule has 3 rings (SSSR count). The molecule has 0 bridgehead atoms. The minimum absolute atomic E-state index is 0.140. The van der Waals surface area contributed by atoms with Gasteiger partial charge in [-0.3, -0.25) is 28.0 Å². The summed E-state index contributed by atoms with van der Waals surface area (Å²) in [5, 5.41) is 0. The van der Waals surface area contributed by atoms with Crippen molar-refractivity contribution in [1.82, 2.24) is 0 Å². The van der Waals surface area contributed by atoms with Crippen LogP contribution in [0.4, 0.5) is 0 Å². The quantitative estimate of drug-likeness (QED) is 0.194. The first kappa shape index (κ1) is 31.4. The zero-order valence-electron chi connectivity index (χ0n) is 22.6. The number of carbonyl (C=O) groups is 3. The minimum atomic E-state index is -4.44. The molecular formula is C27H33O12P. The van der Waals surface area contributed by atoms with Gasteiger partial charge in [-0.2, -0.15) is 0 Å². The third-order valence-electron chi connectivity index (χ3n) is 5.62. The standard InChI is InChI=1S/C27H33O12P/c1-18(28)33-17-23-24(36-19(2)29)25(32-4)26(37-20(3)30)27(38-23)39-40(31,34-15-21-11-7-5-8-12-21)35-16-22-13-9-6-10-14-22/h5-14,23-27H,15-17H2,1-4H3/t23-,24-,25+,26-,27+/m1/s1. The van der Waals surface area contributed by atoms with Crippen molar-refractivity contribution >= 4 is 25.7 Å². The first-order valence-electron chi connectivity index (χ1n) is 12.4. The van der Waals surface area contributed by atoms with Gasteiger partial charge in [0, 0.05) is 27.9 Å². The Morgan fingerprint density at radius 2 is 1.25 bits per heavy atom. The van der Waals surface area contributed by atoms with E-state index in [1.807, 2.05) is 12.1 Å². The van der Waals surface area contributed by atoms with E-state index < -0.39 is 56.4 Å². The Balaban J connectivity index is 1.92. The first-order valence-corrected chi connectivity index (χ1v) is 13.9. The lowest BCUT2D eigenvalue weighted by atomic mass is 9.98. The van der Waals surface area contributed by atoms with Crippen molar-refractivity contribution in [1.29, 1.82) is 0 Å². The van der Waals surface area contributed by atoms with Crippen LogP contribution in [0.15, 0.2) is 60.7 Å². The molecule has 0 aliphatic carbocycles. The Morgan fingerprint density at radius 3 is 1.70 bits per heavy atom. The van der Waals surface area contributed by atoms with E-state index >= 15 is 0 Å². The molecule has 0 spiro atoms. The second-order valence-corrected chi connectivity index (χ2v) is 10.4. The second-order valence-electron chi connectivity index (χ2n) is 8.76. The molecule has 0 radical (unpaired) electrons. The van der Waals surface area contributed by atoms with Crippen LogP contribution in [-0.2, 0) is 69.4 Å². The van der Waals surface area contributed by atoms with Gasteiger partial charge in [0.2, 0.25) is 6.29 Å². The van der Waals surface area contributed by atoms with Gasteiger partial charge < -0.3 is 23.7 Å². The summed E-state index contributed by atoms with van der Waals surface area (Å²) in [6, 6.07) is 17.8. The van der Waals surface area contributed by atoms with Crippen molar-refractivity contribution in [2.45, 2.75) is 64.7 Å². The second kappa shape index (κ2) is 15.0. The minimum Gasteiger partial charge on any atom is -0.463 e. The number of carbonyl (C=O) groups excluding carboxylic acids is 3. The molecule has 0 aromatic heterocycles. The third kappa shape index (κ3) is 9.51. The van der Waals surface area contributed by atoms with Gasteiger partial charge in [-0.15, -0.1) is 0 Å². The van der Waals surface area contributed by atoms with E-state index in [9.17, 15) is 18.9 Å². The van der Waals surface area contributed by atoms with Gasteiger partial charge in [-0.05, 0) is 11.1 Å². The zero-order chi connectivity index (χ0) is 29.1. The molecule has 218 valence electrons. The highest BCUT2D eigenvalue weighted by molar-refractivity contribution is 7.48. The predicted octanol–water partition coefficient (Wildman–Crippen LogP) is 3.71. The number of ether oxygens (including phenoxy) is 5. The summed E-state index contributed by atoms with van der Waals surface area (Å²) in [6.07, 6.45) is -6.47. The summed E-state index contributed by atoms with van der Waals surface area (Å²) in [4.78, 5) is 35.4. The van der Waals surface area contributed by atoms with Crippen molar-refractivity contribution in [3.05, 3.63) is 71.8 Å². The lowest BCUT2D eigenvalue weighted by Crippen LogP contribution is -2.62. The number of methoxy groups -OCH3 is 1. The molecule has 2 aromatic carbocycles. The fourth-order valence-electron chi connectivity index (χ4n) is 3.90. The molecule has 0 N–H and O–H groups in total. The number of rotatable bonds is 13. The molecule has 1 aliphatic heterocycles. The van der Waals surface area contributed by atoms with E-state index in [4.69, 9.17) is 37.3 Å². The van der Waals surface area contributed by atoms with Crippen molar-refractivity contribution in [2.24, 2.45) is 0 Å². The van der Waals surface area contributed by atoms with Crippen molar-refractivity contribution in [3.8, 4) is 0 Å². The topological polar surface area (TPSA) is 142 Å². The van der Waals surface area contributed by atoms with E-state index in [2.05, 4.69) is 0 Å². The van der Waals surface area contributed by atoms with E-state index in [0.717, 1.165) is 6.92 Å². The maximum absolute atomic E-state index is 14.0. The maximum atomic E-state index is 14.0. The molecule has 13 heteroatoms. The van der Waals surface area contributed by atoms with Crippen LogP contribution in [0.3, 0.4) is 0 Å². The van der Waals surface area contributed by atoms with Crippen LogP contribution in [0.2, 0.25) is 0 Å². The zero-order valence-corrected chi connectivity index (χ0v) is 23.5.